The zero-order chi connectivity index (χ0) is 25.6. The lowest BCUT2D eigenvalue weighted by Crippen LogP contribution is -2.49. The lowest BCUT2D eigenvalue weighted by Gasteiger charge is -2.37. The van der Waals surface area contributed by atoms with Crippen LogP contribution in [0.1, 0.15) is 29.7 Å². The Labute approximate surface area is 219 Å². The first-order valence-electron chi connectivity index (χ1n) is 13.0. The molecular weight excluding hydrogens is 481 g/mol. The molecule has 2 aliphatic heterocycles. The van der Waals surface area contributed by atoms with Crippen molar-refractivity contribution in [2.45, 2.75) is 13.0 Å². The first-order valence-corrected chi connectivity index (χ1v) is 13.0. The highest BCUT2D eigenvalue weighted by atomic mass is 19.1. The lowest BCUT2D eigenvalue weighted by molar-refractivity contribution is 0.0668. The highest BCUT2D eigenvalue weighted by molar-refractivity contribution is 6.05. The van der Waals surface area contributed by atoms with Crippen LogP contribution in [0.4, 0.5) is 4.39 Å². The Morgan fingerprint density at radius 3 is 2.50 bits per heavy atom. The number of nitrogens with one attached hydrogen (secondary N) is 2. The zero-order valence-corrected chi connectivity index (χ0v) is 21.1. The summed E-state index contributed by atoms with van der Waals surface area (Å²) in [6.45, 7) is 4.96. The summed E-state index contributed by atoms with van der Waals surface area (Å²) in [5.41, 5.74) is 7.40. The standard InChI is InChI=1S/C30H28FN5O2/c1-18-22-9-10-27-25(15-33-35-27)30(22)38-29(28(18)23-3-2-4-26-24(23)14-32-34-26)20-5-7-21(8-6-20)37-12-11-36-16-19(13-31)17-36/h2-10,14-15,19,29H,11-13,16-17H2,1H3,(H,32,34)(H,33,35). The molecule has 7 rings (SSSR count). The summed E-state index contributed by atoms with van der Waals surface area (Å²) in [6, 6.07) is 18.5. The minimum Gasteiger partial charge on any atom is -0.492 e. The Hall–Kier alpha value is -4.17. The molecular formula is C30H28FN5O2. The SMILES string of the molecule is CC1=C(c2cccc3[nH]ncc23)C(c2ccc(OCCN3CC(CF)C3)cc2)Oc2c1ccc1[nH]ncc21. The maximum atomic E-state index is 12.7. The van der Waals surface area contributed by atoms with Crippen LogP contribution in [-0.4, -0.2) is 58.2 Å². The van der Waals surface area contributed by atoms with E-state index in [0.29, 0.717) is 6.61 Å². The molecule has 0 aliphatic carbocycles. The summed E-state index contributed by atoms with van der Waals surface area (Å²) in [7, 11) is 0. The number of benzene rings is 3. The van der Waals surface area contributed by atoms with Crippen molar-refractivity contribution in [1.82, 2.24) is 25.3 Å². The van der Waals surface area contributed by atoms with E-state index in [9.17, 15) is 4.39 Å². The van der Waals surface area contributed by atoms with Crippen molar-refractivity contribution in [3.8, 4) is 11.5 Å². The summed E-state index contributed by atoms with van der Waals surface area (Å²) in [5, 5.41) is 16.7. The molecule has 1 unspecified atom stereocenters. The number of hydrogen-bond donors (Lipinski definition) is 2. The van der Waals surface area contributed by atoms with Gasteiger partial charge in [0.1, 0.15) is 24.2 Å². The first kappa shape index (κ1) is 23.0. The maximum Gasteiger partial charge on any atom is 0.150 e. The molecule has 2 aliphatic rings. The third-order valence-electron chi connectivity index (χ3n) is 7.77. The van der Waals surface area contributed by atoms with E-state index in [0.717, 1.165) is 80.8 Å². The van der Waals surface area contributed by atoms with Crippen LogP contribution in [-0.2, 0) is 0 Å². The van der Waals surface area contributed by atoms with Crippen molar-refractivity contribution < 1.29 is 13.9 Å². The van der Waals surface area contributed by atoms with E-state index in [1.165, 1.54) is 0 Å². The number of alkyl halides is 1. The van der Waals surface area contributed by atoms with E-state index in [4.69, 9.17) is 9.47 Å². The van der Waals surface area contributed by atoms with E-state index < -0.39 is 0 Å². The molecule has 7 nitrogen and oxygen atoms in total. The number of aromatic nitrogens is 4. The normalized spacial score (nSPS) is 18.0. The number of nitrogens with zero attached hydrogens (tertiary/aromatic N) is 3. The van der Waals surface area contributed by atoms with E-state index in [-0.39, 0.29) is 18.7 Å². The van der Waals surface area contributed by atoms with E-state index >= 15 is 0 Å². The average Bonchev–Trinajstić information content (AvgIpc) is 3.60. The molecule has 5 aromatic rings. The largest absolute Gasteiger partial charge is 0.492 e. The topological polar surface area (TPSA) is 79.1 Å². The van der Waals surface area contributed by atoms with Crippen LogP contribution in [0.2, 0.25) is 0 Å². The third-order valence-corrected chi connectivity index (χ3v) is 7.77. The Bertz CT molecular complexity index is 1650. The van der Waals surface area contributed by atoms with Crippen molar-refractivity contribution in [3.63, 3.8) is 0 Å². The second-order valence-corrected chi connectivity index (χ2v) is 10.1. The van der Waals surface area contributed by atoms with Crippen molar-refractivity contribution >= 4 is 33.0 Å². The molecule has 1 saturated heterocycles. The van der Waals surface area contributed by atoms with Gasteiger partial charge in [-0.3, -0.25) is 19.5 Å². The monoisotopic (exact) mass is 509 g/mol. The molecule has 3 aromatic carbocycles. The molecule has 0 spiro atoms. The highest BCUT2D eigenvalue weighted by Gasteiger charge is 2.32. The second-order valence-electron chi connectivity index (χ2n) is 10.1. The number of hydrogen-bond acceptors (Lipinski definition) is 5. The Kier molecular flexibility index (Phi) is 5.62. The number of rotatable bonds is 7. The zero-order valence-electron chi connectivity index (χ0n) is 21.1. The van der Waals surface area contributed by atoms with Gasteiger partial charge in [-0.25, -0.2) is 0 Å². The van der Waals surface area contributed by atoms with Gasteiger partial charge in [-0.05, 0) is 54.0 Å². The number of H-pyrrole nitrogens is 2. The van der Waals surface area contributed by atoms with Gasteiger partial charge in [-0.1, -0.05) is 24.3 Å². The summed E-state index contributed by atoms with van der Waals surface area (Å²) in [4.78, 5) is 2.22. The number of fused-ring (bicyclic) bond motifs is 4. The molecule has 0 bridgehead atoms. The third kappa shape index (κ3) is 3.83. The van der Waals surface area contributed by atoms with Gasteiger partial charge in [-0.15, -0.1) is 0 Å². The first-order chi connectivity index (χ1) is 18.7. The molecule has 1 atom stereocenters. The number of allylic oxidation sites excluding steroid dienone is 1. The van der Waals surface area contributed by atoms with Crippen LogP contribution < -0.4 is 9.47 Å². The fraction of sp³-hybridized carbons (Fsp3) is 0.267. The molecule has 0 saturated carbocycles. The van der Waals surface area contributed by atoms with Gasteiger partial charge >= 0.3 is 0 Å². The predicted octanol–water partition coefficient (Wildman–Crippen LogP) is 5.78. The van der Waals surface area contributed by atoms with Gasteiger partial charge in [0.2, 0.25) is 0 Å². The fourth-order valence-corrected chi connectivity index (χ4v) is 5.70. The van der Waals surface area contributed by atoms with Crippen LogP contribution in [0, 0.1) is 5.92 Å². The minimum absolute atomic E-state index is 0.191. The second kappa shape index (κ2) is 9.29. The van der Waals surface area contributed by atoms with Gasteiger partial charge in [0, 0.05) is 42.1 Å². The van der Waals surface area contributed by atoms with Gasteiger partial charge in [0.15, 0.2) is 0 Å². The van der Waals surface area contributed by atoms with Gasteiger partial charge < -0.3 is 9.47 Å². The minimum atomic E-state index is -0.323. The molecule has 38 heavy (non-hydrogen) atoms. The number of halogens is 1. The van der Waals surface area contributed by atoms with Crippen molar-refractivity contribution in [2.24, 2.45) is 5.92 Å². The summed E-state index contributed by atoms with van der Waals surface area (Å²) in [6.07, 6.45) is 3.38. The molecule has 192 valence electrons. The summed E-state index contributed by atoms with van der Waals surface area (Å²) in [5.74, 6) is 1.84. The average molecular weight is 510 g/mol. The van der Waals surface area contributed by atoms with Gasteiger partial charge in [0.25, 0.3) is 0 Å². The number of ether oxygens (including phenoxy) is 2. The molecule has 0 radical (unpaired) electrons. The Morgan fingerprint density at radius 2 is 1.71 bits per heavy atom. The van der Waals surface area contributed by atoms with Crippen LogP contribution in [0.3, 0.4) is 0 Å². The quantitative estimate of drug-likeness (QED) is 0.291. The van der Waals surface area contributed by atoms with Crippen LogP contribution in [0.25, 0.3) is 33.0 Å². The molecule has 0 amide bonds. The Balaban J connectivity index is 1.23. The van der Waals surface area contributed by atoms with Gasteiger partial charge in [0.05, 0.1) is 35.5 Å². The molecule has 2 aromatic heterocycles. The molecule has 1 fully saturated rings. The molecule has 8 heteroatoms. The molecule has 2 N–H and O–H groups in total. The summed E-state index contributed by atoms with van der Waals surface area (Å²) >= 11 is 0. The number of likely N-dealkylation sites (tertiary alicyclic amines) is 1. The number of aromatic amines is 2. The Morgan fingerprint density at radius 1 is 0.947 bits per heavy atom. The smallest absolute Gasteiger partial charge is 0.150 e. The van der Waals surface area contributed by atoms with Crippen LogP contribution >= 0.6 is 0 Å². The predicted molar refractivity (Wildman–Crippen MR) is 146 cm³/mol. The molecule has 4 heterocycles. The van der Waals surface area contributed by atoms with Crippen LogP contribution in [0.5, 0.6) is 11.5 Å². The maximum absolute atomic E-state index is 12.7. The van der Waals surface area contributed by atoms with E-state index in [2.05, 4.69) is 62.6 Å². The van der Waals surface area contributed by atoms with E-state index in [1.807, 2.05) is 36.7 Å². The van der Waals surface area contributed by atoms with Crippen LogP contribution in [0.15, 0.2) is 67.0 Å². The lowest BCUT2D eigenvalue weighted by atomic mass is 9.84. The van der Waals surface area contributed by atoms with Crippen molar-refractivity contribution in [2.75, 3.05) is 32.9 Å². The van der Waals surface area contributed by atoms with Crippen molar-refractivity contribution in [3.05, 3.63) is 83.7 Å². The van der Waals surface area contributed by atoms with E-state index in [1.54, 1.807) is 0 Å². The fourth-order valence-electron chi connectivity index (χ4n) is 5.70. The van der Waals surface area contributed by atoms with Gasteiger partial charge in [-0.2, -0.15) is 10.2 Å². The van der Waals surface area contributed by atoms with Crippen molar-refractivity contribution in [1.29, 1.82) is 0 Å². The summed E-state index contributed by atoms with van der Waals surface area (Å²) < 4.78 is 25.5. The highest BCUT2D eigenvalue weighted by Crippen LogP contribution is 2.49.